The van der Waals surface area contributed by atoms with Gasteiger partial charge >= 0.3 is 0 Å². The molecule has 1 atom stereocenters. The Kier molecular flexibility index (Phi) is 5.92. The number of anilines is 2. The van der Waals surface area contributed by atoms with Gasteiger partial charge in [0.2, 0.25) is 0 Å². The van der Waals surface area contributed by atoms with Gasteiger partial charge in [-0.15, -0.1) is 11.3 Å². The molecule has 0 bridgehead atoms. The number of hydrogen-bond donors (Lipinski definition) is 1. The van der Waals surface area contributed by atoms with Crippen LogP contribution < -0.4 is 10.2 Å². The summed E-state index contributed by atoms with van der Waals surface area (Å²) in [5, 5.41) is 14.6. The fraction of sp³-hybridized carbons (Fsp3) is 0.192. The molecular formula is C26H23N5OS. The van der Waals surface area contributed by atoms with Gasteiger partial charge in [-0.2, -0.15) is 5.26 Å². The first-order chi connectivity index (χ1) is 16.2. The molecule has 1 aliphatic heterocycles. The molecule has 7 heteroatoms. The molecule has 6 nitrogen and oxygen atoms in total. The van der Waals surface area contributed by atoms with E-state index in [1.807, 2.05) is 41.1 Å². The standard InChI is InChI=1S/C26H23N5OS/c27-16-19-10-12-20(13-11-19)17-30-14-4-9-24(30)25(32)29-26-28-22(18-33-26)23-8-5-15-31(23)21-6-2-1-3-7-21/h1-4,6-7,9-14,18,23H,5,8,15,17H2,(H,28,29,32)/t23-/m1/s1. The summed E-state index contributed by atoms with van der Waals surface area (Å²) in [6.45, 7) is 1.56. The summed E-state index contributed by atoms with van der Waals surface area (Å²) in [5.74, 6) is -0.180. The van der Waals surface area contributed by atoms with Gasteiger partial charge in [-0.3, -0.25) is 10.1 Å². The lowest BCUT2D eigenvalue weighted by Crippen LogP contribution is -2.22. The van der Waals surface area contributed by atoms with Crippen LogP contribution in [0.15, 0.2) is 78.3 Å². The molecule has 164 valence electrons. The number of nitriles is 1. The van der Waals surface area contributed by atoms with Gasteiger partial charge in [0.25, 0.3) is 5.91 Å². The number of benzene rings is 2. The zero-order valence-electron chi connectivity index (χ0n) is 18.0. The van der Waals surface area contributed by atoms with Crippen LogP contribution in [0, 0.1) is 11.3 Å². The zero-order chi connectivity index (χ0) is 22.6. The van der Waals surface area contributed by atoms with Gasteiger partial charge in [0.1, 0.15) is 5.69 Å². The Hall–Kier alpha value is -3.89. The molecule has 1 amide bonds. The Bertz CT molecular complexity index is 1290. The highest BCUT2D eigenvalue weighted by atomic mass is 32.1. The number of carbonyl (C=O) groups is 1. The molecule has 1 aliphatic rings. The fourth-order valence-electron chi connectivity index (χ4n) is 4.30. The molecule has 1 saturated heterocycles. The Morgan fingerprint density at radius 1 is 1.12 bits per heavy atom. The van der Waals surface area contributed by atoms with Crippen molar-refractivity contribution in [1.29, 1.82) is 5.26 Å². The average molecular weight is 454 g/mol. The minimum Gasteiger partial charge on any atom is -0.363 e. The van der Waals surface area contributed by atoms with Crippen LogP contribution in [0.4, 0.5) is 10.8 Å². The Balaban J connectivity index is 1.28. The smallest absolute Gasteiger partial charge is 0.274 e. The number of amides is 1. The van der Waals surface area contributed by atoms with Crippen molar-refractivity contribution in [3.05, 3.63) is 101 Å². The minimum atomic E-state index is -0.180. The van der Waals surface area contributed by atoms with Crippen molar-refractivity contribution in [2.75, 3.05) is 16.8 Å². The molecule has 3 heterocycles. The molecule has 0 aliphatic carbocycles. The number of thiazole rings is 1. The predicted octanol–water partition coefficient (Wildman–Crippen LogP) is 5.46. The second kappa shape index (κ2) is 9.31. The Morgan fingerprint density at radius 2 is 1.94 bits per heavy atom. The summed E-state index contributed by atoms with van der Waals surface area (Å²) in [4.78, 5) is 20.1. The number of carbonyl (C=O) groups excluding carboxylic acids is 1. The van der Waals surface area contributed by atoms with Crippen LogP contribution in [-0.4, -0.2) is 22.0 Å². The normalized spacial score (nSPS) is 15.4. The zero-order valence-corrected chi connectivity index (χ0v) is 18.8. The van der Waals surface area contributed by atoms with E-state index in [0.717, 1.165) is 30.6 Å². The van der Waals surface area contributed by atoms with Crippen LogP contribution in [-0.2, 0) is 6.54 Å². The van der Waals surface area contributed by atoms with E-state index in [-0.39, 0.29) is 11.9 Å². The number of nitrogens with one attached hydrogen (secondary N) is 1. The van der Waals surface area contributed by atoms with E-state index in [0.29, 0.717) is 22.9 Å². The molecule has 0 saturated carbocycles. The Morgan fingerprint density at radius 3 is 2.73 bits per heavy atom. The van der Waals surface area contributed by atoms with Gasteiger partial charge in [0.15, 0.2) is 5.13 Å². The van der Waals surface area contributed by atoms with Crippen molar-refractivity contribution < 1.29 is 4.79 Å². The quantitative estimate of drug-likeness (QED) is 0.421. The summed E-state index contributed by atoms with van der Waals surface area (Å²) >= 11 is 1.46. The highest BCUT2D eigenvalue weighted by molar-refractivity contribution is 7.14. The van der Waals surface area contributed by atoms with Gasteiger partial charge in [-0.05, 0) is 54.8 Å². The molecular weight excluding hydrogens is 430 g/mol. The molecule has 0 radical (unpaired) electrons. The summed E-state index contributed by atoms with van der Waals surface area (Å²) < 4.78 is 1.90. The van der Waals surface area contributed by atoms with E-state index < -0.39 is 0 Å². The minimum absolute atomic E-state index is 0.180. The van der Waals surface area contributed by atoms with Crippen LogP contribution in [0.2, 0.25) is 0 Å². The average Bonchev–Trinajstić information content (AvgIpc) is 3.61. The molecule has 2 aromatic carbocycles. The third-order valence-corrected chi connectivity index (χ3v) is 6.70. The van der Waals surface area contributed by atoms with E-state index in [1.165, 1.54) is 17.0 Å². The van der Waals surface area contributed by atoms with Crippen molar-refractivity contribution >= 4 is 28.1 Å². The maximum atomic E-state index is 13.0. The first-order valence-electron chi connectivity index (χ1n) is 10.9. The van der Waals surface area contributed by atoms with Crippen LogP contribution >= 0.6 is 11.3 Å². The SMILES string of the molecule is N#Cc1ccc(Cn2cccc2C(=O)Nc2nc([C@H]3CCCN3c3ccccc3)cs2)cc1. The molecule has 4 aromatic rings. The molecule has 33 heavy (non-hydrogen) atoms. The summed E-state index contributed by atoms with van der Waals surface area (Å²) in [5.41, 5.74) is 4.43. The van der Waals surface area contributed by atoms with Crippen LogP contribution in [0.5, 0.6) is 0 Å². The second-order valence-electron chi connectivity index (χ2n) is 8.05. The number of rotatable bonds is 6. The van der Waals surface area contributed by atoms with Crippen LogP contribution in [0.1, 0.15) is 46.2 Å². The molecule has 0 unspecified atom stereocenters. The lowest BCUT2D eigenvalue weighted by molar-refractivity contribution is 0.101. The van der Waals surface area contributed by atoms with Crippen molar-refractivity contribution in [2.45, 2.75) is 25.4 Å². The van der Waals surface area contributed by atoms with Crippen molar-refractivity contribution in [2.24, 2.45) is 0 Å². The predicted molar refractivity (Wildman–Crippen MR) is 131 cm³/mol. The summed E-state index contributed by atoms with van der Waals surface area (Å²) in [6, 6.07) is 23.8. The molecule has 2 aromatic heterocycles. The van der Waals surface area contributed by atoms with Gasteiger partial charge in [-0.25, -0.2) is 4.98 Å². The van der Waals surface area contributed by atoms with Gasteiger partial charge < -0.3 is 9.47 Å². The summed E-state index contributed by atoms with van der Waals surface area (Å²) in [6.07, 6.45) is 4.07. The topological polar surface area (TPSA) is 74.0 Å². The lowest BCUT2D eigenvalue weighted by atomic mass is 10.1. The van der Waals surface area contributed by atoms with Crippen LogP contribution in [0.25, 0.3) is 0 Å². The summed E-state index contributed by atoms with van der Waals surface area (Å²) in [7, 11) is 0. The largest absolute Gasteiger partial charge is 0.363 e. The third-order valence-electron chi connectivity index (χ3n) is 5.92. The van der Waals surface area contributed by atoms with Crippen LogP contribution in [0.3, 0.4) is 0 Å². The fourth-order valence-corrected chi connectivity index (χ4v) is 5.05. The number of hydrogen-bond acceptors (Lipinski definition) is 5. The monoisotopic (exact) mass is 453 g/mol. The maximum absolute atomic E-state index is 13.0. The first-order valence-corrected chi connectivity index (χ1v) is 11.8. The maximum Gasteiger partial charge on any atom is 0.274 e. The van der Waals surface area contributed by atoms with E-state index >= 15 is 0 Å². The molecule has 5 rings (SSSR count). The highest BCUT2D eigenvalue weighted by Gasteiger charge is 2.28. The highest BCUT2D eigenvalue weighted by Crippen LogP contribution is 2.37. The lowest BCUT2D eigenvalue weighted by Gasteiger charge is -2.25. The van der Waals surface area contributed by atoms with Crippen molar-refractivity contribution in [3.8, 4) is 6.07 Å². The third kappa shape index (κ3) is 4.52. The van der Waals surface area contributed by atoms with Gasteiger partial charge in [-0.1, -0.05) is 30.3 Å². The van der Waals surface area contributed by atoms with E-state index in [2.05, 4.69) is 45.9 Å². The number of nitrogens with zero attached hydrogens (tertiary/aromatic N) is 4. The number of para-hydroxylation sites is 1. The van der Waals surface area contributed by atoms with E-state index in [4.69, 9.17) is 10.2 Å². The van der Waals surface area contributed by atoms with Crippen molar-refractivity contribution in [1.82, 2.24) is 9.55 Å². The van der Waals surface area contributed by atoms with Gasteiger partial charge in [0, 0.05) is 30.4 Å². The molecule has 1 N–H and O–H groups in total. The van der Waals surface area contributed by atoms with E-state index in [9.17, 15) is 4.79 Å². The first kappa shape index (κ1) is 21.0. The Labute approximate surface area is 196 Å². The van der Waals surface area contributed by atoms with Crippen molar-refractivity contribution in [3.63, 3.8) is 0 Å². The molecule has 1 fully saturated rings. The van der Waals surface area contributed by atoms with Gasteiger partial charge in [0.05, 0.1) is 23.4 Å². The molecule has 0 spiro atoms. The number of aromatic nitrogens is 2. The second-order valence-corrected chi connectivity index (χ2v) is 8.91. The van der Waals surface area contributed by atoms with E-state index in [1.54, 1.807) is 12.1 Å².